The highest BCUT2D eigenvalue weighted by Gasteiger charge is 2.23. The molecule has 0 saturated carbocycles. The van der Waals surface area contributed by atoms with Gasteiger partial charge >= 0.3 is 0 Å². The average molecular weight is 525 g/mol. The number of thiazole rings is 1. The van der Waals surface area contributed by atoms with Crippen LogP contribution in [0.3, 0.4) is 0 Å². The maximum absolute atomic E-state index is 13.4. The van der Waals surface area contributed by atoms with Crippen LogP contribution in [0.15, 0.2) is 52.4 Å². The smallest absolute Gasteiger partial charge is 0.229 e. The molecule has 2 aromatic heterocycles. The van der Waals surface area contributed by atoms with Crippen LogP contribution in [0.1, 0.15) is 13.8 Å². The van der Waals surface area contributed by atoms with Gasteiger partial charge < -0.3 is 13.9 Å². The number of halogens is 2. The molecule has 7 nitrogen and oxygen atoms in total. The number of fused-ring (bicyclic) bond motifs is 1. The third-order valence-electron chi connectivity index (χ3n) is 4.26. The molecular weight excluding hydrogens is 503 g/mol. The van der Waals surface area contributed by atoms with Crippen LogP contribution in [0, 0.1) is 5.82 Å². The van der Waals surface area contributed by atoms with Crippen molar-refractivity contribution in [1.82, 2.24) is 4.98 Å². The molecule has 0 saturated heterocycles. The first kappa shape index (κ1) is 25.7. The first-order valence-electron chi connectivity index (χ1n) is 10.0. The largest absolute Gasteiger partial charge is 0.489 e. The van der Waals surface area contributed by atoms with E-state index < -0.39 is 10.0 Å². The number of nitrogens with one attached hydrogen (secondary N) is 1. The summed E-state index contributed by atoms with van der Waals surface area (Å²) in [7, 11) is -3.53. The van der Waals surface area contributed by atoms with Crippen LogP contribution in [0.25, 0.3) is 32.9 Å². The monoisotopic (exact) mass is 524 g/mol. The van der Waals surface area contributed by atoms with Gasteiger partial charge in [0.25, 0.3) is 0 Å². The summed E-state index contributed by atoms with van der Waals surface area (Å²) in [5, 5.41) is 3.31. The van der Waals surface area contributed by atoms with Gasteiger partial charge in [-0.05, 0) is 44.2 Å². The number of benzene rings is 2. The normalized spacial score (nSPS) is 11.2. The Bertz CT molecular complexity index is 1370. The Hall–Kier alpha value is -2.95. The predicted octanol–water partition coefficient (Wildman–Crippen LogP) is 5.95. The van der Waals surface area contributed by atoms with Gasteiger partial charge in [0.2, 0.25) is 10.0 Å². The van der Waals surface area contributed by atoms with Crippen LogP contribution in [0.2, 0.25) is 0 Å². The van der Waals surface area contributed by atoms with Crippen molar-refractivity contribution in [3.05, 3.63) is 53.8 Å². The number of aldehydes is 1. The summed E-state index contributed by atoms with van der Waals surface area (Å²) in [6.45, 7) is 3.71. The number of sulfonamides is 1. The first-order chi connectivity index (χ1) is 16.1. The fourth-order valence-corrected chi connectivity index (χ4v) is 4.37. The van der Waals surface area contributed by atoms with E-state index in [4.69, 9.17) is 25.5 Å². The van der Waals surface area contributed by atoms with Crippen LogP contribution < -0.4 is 9.46 Å². The molecule has 2 heterocycles. The lowest BCUT2D eigenvalue weighted by atomic mass is 10.1. The van der Waals surface area contributed by atoms with E-state index in [-0.39, 0.29) is 23.5 Å². The molecule has 0 aliphatic rings. The van der Waals surface area contributed by atoms with E-state index in [9.17, 15) is 12.8 Å². The Morgan fingerprint density at radius 1 is 1.26 bits per heavy atom. The molecule has 2 aromatic carbocycles. The molecule has 4 aromatic rings. The number of anilines is 1. The Balaban J connectivity index is 0.000000751. The number of rotatable bonds is 7. The van der Waals surface area contributed by atoms with Crippen LogP contribution >= 0.6 is 22.9 Å². The average Bonchev–Trinajstić information content (AvgIpc) is 3.41. The lowest BCUT2D eigenvalue weighted by Gasteiger charge is -2.15. The van der Waals surface area contributed by atoms with Crippen LogP contribution in [-0.4, -0.2) is 37.9 Å². The van der Waals surface area contributed by atoms with Crippen LogP contribution in [0.4, 0.5) is 10.1 Å². The lowest BCUT2D eigenvalue weighted by Crippen LogP contribution is -2.13. The minimum Gasteiger partial charge on any atom is -0.489 e. The minimum atomic E-state index is -3.53. The fraction of sp³-hybridized carbons (Fsp3) is 0.217. The molecule has 0 aliphatic heterocycles. The SMILES string of the molecule is CC(C)Oc1cc2c(-c3nccs3)c(-c3ccc(F)cc3)oc2cc1NS(C)(=O)=O.O=CCCl. The van der Waals surface area contributed by atoms with Gasteiger partial charge in [-0.1, -0.05) is 0 Å². The van der Waals surface area contributed by atoms with E-state index in [0.717, 1.165) is 22.2 Å². The van der Waals surface area contributed by atoms with Crippen molar-refractivity contribution < 1.29 is 26.8 Å². The highest BCUT2D eigenvalue weighted by molar-refractivity contribution is 7.92. The molecule has 0 amide bonds. The van der Waals surface area contributed by atoms with Crippen LogP contribution in [0.5, 0.6) is 5.75 Å². The zero-order valence-corrected chi connectivity index (χ0v) is 20.9. The molecule has 180 valence electrons. The molecule has 0 spiro atoms. The second kappa shape index (κ2) is 11.0. The molecule has 1 N–H and O–H groups in total. The van der Waals surface area contributed by atoms with Crippen molar-refractivity contribution >= 4 is 55.9 Å². The number of aromatic nitrogens is 1. The van der Waals surface area contributed by atoms with Gasteiger partial charge in [0.05, 0.1) is 29.5 Å². The first-order valence-corrected chi connectivity index (χ1v) is 13.3. The van der Waals surface area contributed by atoms with Crippen molar-refractivity contribution in [3.63, 3.8) is 0 Å². The number of carbonyl (C=O) groups is 1. The van der Waals surface area contributed by atoms with Crippen molar-refractivity contribution in [2.24, 2.45) is 0 Å². The standard InChI is InChI=1S/C21H19FN2O4S2.C2H3ClO/c1-12(2)27-18-10-15-17(11-16(18)24-30(3,25)26)28-20(13-4-6-14(22)7-5-13)19(15)21-23-8-9-29-21;3-1-2-4/h4-12,24H,1-3H3;2H,1H2. The van der Waals surface area contributed by atoms with Gasteiger partial charge in [-0.15, -0.1) is 22.9 Å². The van der Waals surface area contributed by atoms with Crippen LogP contribution in [-0.2, 0) is 14.8 Å². The van der Waals surface area contributed by atoms with Gasteiger partial charge in [0.15, 0.2) is 0 Å². The number of carbonyl (C=O) groups excluding carboxylic acids is 1. The third-order valence-corrected chi connectivity index (χ3v) is 5.77. The molecule has 0 radical (unpaired) electrons. The van der Waals surface area contributed by atoms with Gasteiger partial charge in [-0.2, -0.15) is 0 Å². The van der Waals surface area contributed by atoms with Gasteiger partial charge in [0, 0.05) is 28.6 Å². The molecule has 34 heavy (non-hydrogen) atoms. The van der Waals surface area contributed by atoms with E-state index in [2.05, 4.69) is 9.71 Å². The zero-order valence-electron chi connectivity index (χ0n) is 18.5. The maximum atomic E-state index is 13.4. The number of hydrogen-bond donors (Lipinski definition) is 1. The van der Waals surface area contributed by atoms with Gasteiger partial charge in [-0.25, -0.2) is 17.8 Å². The summed E-state index contributed by atoms with van der Waals surface area (Å²) in [6.07, 6.45) is 3.23. The van der Waals surface area contributed by atoms with Crippen molar-refractivity contribution in [1.29, 1.82) is 0 Å². The second-order valence-electron chi connectivity index (χ2n) is 7.36. The summed E-state index contributed by atoms with van der Waals surface area (Å²) >= 11 is 6.26. The highest BCUT2D eigenvalue weighted by atomic mass is 35.5. The Labute approximate surface area is 205 Å². The molecular formula is C23H22ClFN2O5S2. The summed E-state index contributed by atoms with van der Waals surface area (Å²) in [6, 6.07) is 9.32. The van der Waals surface area contributed by atoms with E-state index in [1.54, 1.807) is 30.5 Å². The molecule has 4 rings (SSSR count). The number of furan rings is 1. The number of alkyl halides is 1. The summed E-state index contributed by atoms with van der Waals surface area (Å²) < 4.78 is 51.6. The maximum Gasteiger partial charge on any atom is 0.229 e. The summed E-state index contributed by atoms with van der Waals surface area (Å²) in [5.41, 5.74) is 2.17. The van der Waals surface area contributed by atoms with E-state index in [1.807, 2.05) is 19.2 Å². The van der Waals surface area contributed by atoms with E-state index in [1.165, 1.54) is 23.5 Å². The molecule has 0 atom stereocenters. The summed E-state index contributed by atoms with van der Waals surface area (Å²) in [4.78, 5) is 13.5. The van der Waals surface area contributed by atoms with Crippen molar-refractivity contribution in [2.75, 3.05) is 16.9 Å². The lowest BCUT2D eigenvalue weighted by molar-refractivity contribution is -0.105. The second-order valence-corrected chi connectivity index (χ2v) is 10.3. The third kappa shape index (κ3) is 6.34. The number of ether oxygens (including phenoxy) is 1. The molecule has 0 fully saturated rings. The van der Waals surface area contributed by atoms with E-state index in [0.29, 0.717) is 28.9 Å². The predicted molar refractivity (Wildman–Crippen MR) is 134 cm³/mol. The molecule has 0 bridgehead atoms. The topological polar surface area (TPSA) is 98.5 Å². The number of nitrogens with zero attached hydrogens (tertiary/aromatic N) is 1. The zero-order chi connectivity index (χ0) is 24.9. The highest BCUT2D eigenvalue weighted by Crippen LogP contribution is 2.45. The van der Waals surface area contributed by atoms with E-state index >= 15 is 0 Å². The van der Waals surface area contributed by atoms with Crippen molar-refractivity contribution in [2.45, 2.75) is 20.0 Å². The Morgan fingerprint density at radius 3 is 2.47 bits per heavy atom. The number of hydrogen-bond acceptors (Lipinski definition) is 7. The molecule has 0 unspecified atom stereocenters. The Morgan fingerprint density at radius 2 is 1.94 bits per heavy atom. The molecule has 0 aliphatic carbocycles. The molecule has 11 heteroatoms. The van der Waals surface area contributed by atoms with Gasteiger partial charge in [0.1, 0.15) is 34.2 Å². The quantitative estimate of drug-likeness (QED) is 0.237. The fourth-order valence-electron chi connectivity index (χ4n) is 3.12. The van der Waals surface area contributed by atoms with Gasteiger partial charge in [-0.3, -0.25) is 4.72 Å². The van der Waals surface area contributed by atoms with Crippen molar-refractivity contribution in [3.8, 4) is 27.6 Å². The minimum absolute atomic E-state index is 0.111. The Kier molecular flexibility index (Phi) is 8.29. The summed E-state index contributed by atoms with van der Waals surface area (Å²) in [5.74, 6) is 0.664.